The first-order valence-corrected chi connectivity index (χ1v) is 32.7. The lowest BCUT2D eigenvalue weighted by Gasteiger charge is -2.21. The summed E-state index contributed by atoms with van der Waals surface area (Å²) in [7, 11) is 6.74. The van der Waals surface area contributed by atoms with Gasteiger partial charge in [-0.05, 0) is 159 Å². The Kier molecular flexibility index (Phi) is 25.7. The van der Waals surface area contributed by atoms with E-state index in [9.17, 15) is 38.4 Å². The number of ether oxygens (including phenoxy) is 9. The molecule has 4 fully saturated rings. The second-order valence-electron chi connectivity index (χ2n) is 25.4. The number of hydroxylamine groups is 3. The normalized spacial score (nSPS) is 21.4. The molecule has 4 saturated carbocycles. The van der Waals surface area contributed by atoms with Gasteiger partial charge in [-0.2, -0.15) is 0 Å². The lowest BCUT2D eigenvalue weighted by molar-refractivity contribution is -0.159. The monoisotopic (exact) mass is 1430 g/mol. The molecule has 101 heavy (non-hydrogen) atoms. The molecule has 24 nitrogen and oxygen atoms in total. The van der Waals surface area contributed by atoms with Crippen molar-refractivity contribution in [2.24, 2.45) is 29.1 Å². The molecule has 0 spiro atoms. The quantitative estimate of drug-likeness (QED) is 0.0142. The van der Waals surface area contributed by atoms with Crippen LogP contribution in [0.3, 0.4) is 0 Å². The summed E-state index contributed by atoms with van der Waals surface area (Å²) in [6.07, 6.45) is 5.76. The Bertz CT molecular complexity index is 4090. The summed E-state index contributed by atoms with van der Waals surface area (Å²) in [6.45, 7) is 6.56. The predicted molar refractivity (Wildman–Crippen MR) is 365 cm³/mol. The highest BCUT2D eigenvalue weighted by Gasteiger charge is 2.69. The van der Waals surface area contributed by atoms with Gasteiger partial charge < -0.3 is 42.6 Å². The molecular formula is C75H80Cl2N4O20. The van der Waals surface area contributed by atoms with Gasteiger partial charge in [0.25, 0.3) is 0 Å². The van der Waals surface area contributed by atoms with Crippen LogP contribution >= 0.6 is 23.2 Å². The Labute approximate surface area is 593 Å². The SMILES string of the molecule is COC(=O)[C@@]1(Cc2ccc(OCc3ccc(Cl)cc3Cl)cc2)C[C@@H]1C(=O)NO.COC(=O)[C@]1(c2cccc(OC)c2)C[C@H]1C(=O)OC(C)(C)C.COC(=O)[C@]1(c2cccc(OCCc3ccccc3)c2)C[C@H]1C(=O)NO.COC(=O)[C@]1(c2cccc(OCc3ccncc3)c2)C[C@H]1C(=O)NO. The minimum Gasteiger partial charge on any atom is -0.497 e. The molecule has 1 aromatic heterocycles. The lowest BCUT2D eigenvalue weighted by atomic mass is 9.92. The molecule has 8 atom stereocenters. The van der Waals surface area contributed by atoms with Crippen molar-refractivity contribution in [1.82, 2.24) is 21.4 Å². The molecule has 7 aromatic rings. The van der Waals surface area contributed by atoms with Crippen LogP contribution in [0.1, 0.15) is 85.4 Å². The average Bonchev–Trinajstić information content (AvgIpc) is 1.57. The second-order valence-corrected chi connectivity index (χ2v) is 26.2. The fourth-order valence-corrected chi connectivity index (χ4v) is 12.7. The third-order valence-corrected chi connectivity index (χ3v) is 18.5. The van der Waals surface area contributed by atoms with Crippen LogP contribution in [-0.2, 0) is 104 Å². The number of carbonyl (C=O) groups excluding carboxylic acids is 8. The van der Waals surface area contributed by atoms with E-state index in [0.717, 1.165) is 28.7 Å². The molecule has 1 heterocycles. The summed E-state index contributed by atoms with van der Waals surface area (Å²) in [5, 5.41) is 27.7. The Morgan fingerprint density at radius 1 is 0.475 bits per heavy atom. The van der Waals surface area contributed by atoms with Crippen molar-refractivity contribution in [3.8, 4) is 23.0 Å². The van der Waals surface area contributed by atoms with Crippen molar-refractivity contribution in [2.75, 3.05) is 42.2 Å². The van der Waals surface area contributed by atoms with Crippen LogP contribution in [0.2, 0.25) is 10.0 Å². The molecule has 3 amide bonds. The molecule has 0 unspecified atom stereocenters. The first kappa shape index (κ1) is 76.6. The first-order chi connectivity index (χ1) is 48.4. The van der Waals surface area contributed by atoms with E-state index in [1.54, 1.807) is 148 Å². The van der Waals surface area contributed by atoms with Crippen molar-refractivity contribution < 1.29 is 96.6 Å². The number of nitrogens with zero attached hydrogens (tertiary/aromatic N) is 1. The molecule has 6 N–H and O–H groups in total. The lowest BCUT2D eigenvalue weighted by Crippen LogP contribution is -2.31. The minimum absolute atomic E-state index is 0.278. The van der Waals surface area contributed by atoms with Crippen LogP contribution in [0.5, 0.6) is 23.0 Å². The summed E-state index contributed by atoms with van der Waals surface area (Å²) in [5.74, 6) is -4.00. The van der Waals surface area contributed by atoms with Gasteiger partial charge in [0.05, 0.1) is 71.2 Å². The maximum absolute atomic E-state index is 12.3. The zero-order chi connectivity index (χ0) is 73.3. The van der Waals surface area contributed by atoms with Gasteiger partial charge >= 0.3 is 29.8 Å². The van der Waals surface area contributed by atoms with Crippen LogP contribution in [0, 0.1) is 29.1 Å². The van der Waals surface area contributed by atoms with E-state index >= 15 is 0 Å². The Balaban J connectivity index is 0.000000172. The van der Waals surface area contributed by atoms with E-state index in [4.69, 9.17) is 81.5 Å². The van der Waals surface area contributed by atoms with E-state index in [1.165, 1.54) is 34.0 Å². The Morgan fingerprint density at radius 3 is 1.45 bits per heavy atom. The molecule has 11 rings (SSSR count). The molecule has 6 aromatic carbocycles. The molecule has 0 bridgehead atoms. The molecule has 4 aliphatic rings. The number of esters is 5. The number of halogens is 2. The molecule has 0 radical (unpaired) electrons. The zero-order valence-corrected chi connectivity index (χ0v) is 58.3. The van der Waals surface area contributed by atoms with Gasteiger partial charge in [0, 0.05) is 34.4 Å². The van der Waals surface area contributed by atoms with E-state index < -0.39 is 92.5 Å². The topological polar surface area (TPSA) is 329 Å². The summed E-state index contributed by atoms with van der Waals surface area (Å²) >= 11 is 12.0. The number of pyridine rings is 1. The van der Waals surface area contributed by atoms with Gasteiger partial charge in [-0.15, -0.1) is 0 Å². The summed E-state index contributed by atoms with van der Waals surface area (Å²) in [5.41, 5.74) is 5.99. The average molecular weight is 1430 g/mol. The third kappa shape index (κ3) is 18.3. The van der Waals surface area contributed by atoms with Crippen LogP contribution < -0.4 is 35.4 Å². The van der Waals surface area contributed by atoms with E-state index in [0.29, 0.717) is 89.7 Å². The van der Waals surface area contributed by atoms with Crippen molar-refractivity contribution in [3.05, 3.63) is 219 Å². The van der Waals surface area contributed by atoms with Gasteiger partial charge in [-0.1, -0.05) is 108 Å². The standard InChI is InChI=1S/C20H19Cl2NO5.C20H21NO5.C18H18N2O5.C17H22O5/c1-27-19(25)20(10-16(20)18(24)23-26)9-12-2-6-15(7-3-12)28-11-13-4-5-14(21)8-17(13)22;1-25-19(23)20(13-17(20)18(22)21-24)15-8-5-9-16(12-15)26-11-10-14-6-3-2-4-7-14;1-24-17(22)18(10-15(18)16(21)20-23)13-3-2-4-14(9-13)25-11-12-5-7-19-8-6-12;1-16(2,3)22-14(18)13-10-17(13,15(19)21-5)11-7-6-8-12(9-11)20-4/h2-8,16,26H,9-11H2,1H3,(H,23,24);2-9,12,17,24H,10-11,13H2,1H3,(H,21,22);2-9,15,23H,10-11H2,1H3,(H,20,21);6-9,13H,10H2,1-5H3/t16-,20+;17-,20-;15-,18-;13-,17-/m1000/s1. The van der Waals surface area contributed by atoms with Crippen LogP contribution in [-0.4, -0.2) is 116 Å². The van der Waals surface area contributed by atoms with Crippen LogP contribution in [0.15, 0.2) is 170 Å². The Hall–Kier alpha value is -10.1. The maximum Gasteiger partial charge on any atom is 0.317 e. The van der Waals surface area contributed by atoms with Gasteiger partial charge in [0.1, 0.15) is 58.1 Å². The molecule has 534 valence electrons. The number of hydrogen-bond acceptors (Lipinski definition) is 21. The fraction of sp³-hybridized carbons (Fsp3) is 0.347. The number of carbonyl (C=O) groups is 8. The molecular weight excluding hydrogens is 1350 g/mol. The van der Waals surface area contributed by atoms with Gasteiger partial charge in [0.15, 0.2) is 0 Å². The number of amides is 3. The summed E-state index contributed by atoms with van der Waals surface area (Å²) < 4.78 is 47.5. The highest BCUT2D eigenvalue weighted by Crippen LogP contribution is 2.59. The van der Waals surface area contributed by atoms with Crippen LogP contribution in [0.4, 0.5) is 0 Å². The second kappa shape index (κ2) is 33.8. The largest absolute Gasteiger partial charge is 0.497 e. The van der Waals surface area contributed by atoms with E-state index in [-0.39, 0.29) is 12.4 Å². The Morgan fingerprint density at radius 2 is 0.950 bits per heavy atom. The first-order valence-electron chi connectivity index (χ1n) is 31.9. The number of aromatic nitrogens is 1. The van der Waals surface area contributed by atoms with Crippen molar-refractivity contribution >= 4 is 70.8 Å². The fourth-order valence-electron chi connectivity index (χ4n) is 12.3. The zero-order valence-electron chi connectivity index (χ0n) is 56.8. The smallest absolute Gasteiger partial charge is 0.317 e. The van der Waals surface area contributed by atoms with E-state index in [2.05, 4.69) is 4.98 Å². The number of benzene rings is 6. The third-order valence-electron chi connectivity index (χ3n) is 18.0. The maximum atomic E-state index is 12.3. The highest BCUT2D eigenvalue weighted by atomic mass is 35.5. The minimum atomic E-state index is -1.09. The predicted octanol–water partition coefficient (Wildman–Crippen LogP) is 10.1. The van der Waals surface area contributed by atoms with E-state index in [1.807, 2.05) is 66.7 Å². The van der Waals surface area contributed by atoms with Crippen molar-refractivity contribution in [2.45, 2.75) is 94.4 Å². The molecule has 4 aliphatic carbocycles. The molecule has 26 heteroatoms. The molecule has 0 aliphatic heterocycles. The molecule has 0 saturated heterocycles. The number of nitrogens with one attached hydrogen (secondary N) is 3. The van der Waals surface area contributed by atoms with Gasteiger partial charge in [-0.3, -0.25) is 59.0 Å². The number of methoxy groups -OCH3 is 5. The summed E-state index contributed by atoms with van der Waals surface area (Å²) in [4.78, 5) is 101. The van der Waals surface area contributed by atoms with Crippen molar-refractivity contribution in [3.63, 3.8) is 0 Å². The number of hydrogen-bond donors (Lipinski definition) is 6. The van der Waals surface area contributed by atoms with Gasteiger partial charge in [0.2, 0.25) is 17.7 Å². The number of rotatable bonds is 24. The highest BCUT2D eigenvalue weighted by molar-refractivity contribution is 6.35. The van der Waals surface area contributed by atoms with Gasteiger partial charge in [-0.25, -0.2) is 16.4 Å². The van der Waals surface area contributed by atoms with Crippen LogP contribution in [0.25, 0.3) is 0 Å². The van der Waals surface area contributed by atoms with Crippen molar-refractivity contribution in [1.29, 1.82) is 0 Å². The summed E-state index contributed by atoms with van der Waals surface area (Å²) in [6, 6.07) is 47.4.